The third kappa shape index (κ3) is 3.34. The van der Waals surface area contributed by atoms with Crippen molar-refractivity contribution >= 4 is 56.8 Å². The van der Waals surface area contributed by atoms with Gasteiger partial charge in [-0.15, -0.1) is 6.58 Å². The largest absolute Gasteiger partial charge is 0.502 e. The molecule has 124 valence electrons. The fourth-order valence-corrected chi connectivity index (χ4v) is 2.71. The van der Waals surface area contributed by atoms with E-state index in [0.29, 0.717) is 4.47 Å². The number of phenolic OH excluding ortho intramolecular Hbond substituents is 1. The molecule has 8 nitrogen and oxygen atoms in total. The highest BCUT2D eigenvalue weighted by Crippen LogP contribution is 2.35. The van der Waals surface area contributed by atoms with E-state index < -0.39 is 28.2 Å². The lowest BCUT2D eigenvalue weighted by Gasteiger charge is -2.27. The molecule has 0 radical (unpaired) electrons. The summed E-state index contributed by atoms with van der Waals surface area (Å²) in [5.74, 6) is -2.10. The van der Waals surface area contributed by atoms with Gasteiger partial charge in [0.05, 0.1) is 4.92 Å². The lowest BCUT2D eigenvalue weighted by atomic mass is 10.1. The van der Waals surface area contributed by atoms with Crippen molar-refractivity contribution in [2.24, 2.45) is 0 Å². The number of phenols is 1. The van der Waals surface area contributed by atoms with Crippen molar-refractivity contribution < 1.29 is 19.6 Å². The van der Waals surface area contributed by atoms with Gasteiger partial charge < -0.3 is 5.11 Å². The van der Waals surface area contributed by atoms with E-state index in [-0.39, 0.29) is 22.8 Å². The number of amides is 2. The SMILES string of the molecule is C=CCN1C(=O)C(=Cc2cc(Br)cc([N+](=O)[O-])c2O)C(=O)NC1=S. The van der Waals surface area contributed by atoms with Crippen LogP contribution in [0.1, 0.15) is 5.56 Å². The van der Waals surface area contributed by atoms with Crippen LogP contribution < -0.4 is 5.32 Å². The van der Waals surface area contributed by atoms with Crippen molar-refractivity contribution in [1.82, 2.24) is 10.2 Å². The van der Waals surface area contributed by atoms with E-state index in [9.17, 15) is 24.8 Å². The van der Waals surface area contributed by atoms with Gasteiger partial charge in [-0.1, -0.05) is 22.0 Å². The van der Waals surface area contributed by atoms with Crippen molar-refractivity contribution in [3.05, 3.63) is 50.5 Å². The zero-order valence-electron chi connectivity index (χ0n) is 12.0. The molecular formula is C14H10BrN3O5S. The normalized spacial score (nSPS) is 16.3. The van der Waals surface area contributed by atoms with E-state index in [4.69, 9.17) is 12.2 Å². The molecule has 0 unspecified atom stereocenters. The molecule has 1 heterocycles. The molecule has 0 saturated carbocycles. The van der Waals surface area contributed by atoms with Crippen LogP contribution in [0.5, 0.6) is 5.75 Å². The highest BCUT2D eigenvalue weighted by Gasteiger charge is 2.33. The summed E-state index contributed by atoms with van der Waals surface area (Å²) in [6.07, 6.45) is 2.50. The Kier molecular flexibility index (Phi) is 5.10. The molecule has 2 amide bonds. The summed E-state index contributed by atoms with van der Waals surface area (Å²) in [7, 11) is 0. The zero-order chi connectivity index (χ0) is 18.0. The third-order valence-corrected chi connectivity index (χ3v) is 3.86. The molecule has 0 spiro atoms. The number of benzene rings is 1. The van der Waals surface area contributed by atoms with Gasteiger partial charge in [0.15, 0.2) is 5.11 Å². The van der Waals surface area contributed by atoms with Crippen LogP contribution in [0, 0.1) is 10.1 Å². The molecular weight excluding hydrogens is 402 g/mol. The molecule has 0 atom stereocenters. The van der Waals surface area contributed by atoms with Crippen molar-refractivity contribution in [3.63, 3.8) is 0 Å². The summed E-state index contributed by atoms with van der Waals surface area (Å²) in [4.78, 5) is 35.7. The molecule has 1 aromatic rings. The number of nitro groups is 1. The van der Waals surface area contributed by atoms with Crippen LogP contribution in [0.4, 0.5) is 5.69 Å². The van der Waals surface area contributed by atoms with E-state index in [0.717, 1.165) is 17.0 Å². The number of carbonyl (C=O) groups excluding carboxylic acids is 2. The average molecular weight is 412 g/mol. The van der Waals surface area contributed by atoms with Crippen molar-refractivity contribution in [3.8, 4) is 5.75 Å². The Morgan fingerprint density at radius 1 is 1.46 bits per heavy atom. The van der Waals surface area contributed by atoms with E-state index in [2.05, 4.69) is 27.8 Å². The molecule has 2 rings (SSSR count). The molecule has 10 heteroatoms. The first-order chi connectivity index (χ1) is 11.3. The monoisotopic (exact) mass is 411 g/mol. The fourth-order valence-electron chi connectivity index (χ4n) is 2.00. The van der Waals surface area contributed by atoms with E-state index in [1.54, 1.807) is 0 Å². The number of thiocarbonyl (C=S) groups is 1. The zero-order valence-corrected chi connectivity index (χ0v) is 14.4. The van der Waals surface area contributed by atoms with Crippen LogP contribution in [-0.2, 0) is 9.59 Å². The van der Waals surface area contributed by atoms with Gasteiger partial charge in [-0.25, -0.2) is 0 Å². The van der Waals surface area contributed by atoms with Crippen LogP contribution >= 0.6 is 28.1 Å². The number of carbonyl (C=O) groups is 2. The second kappa shape index (κ2) is 6.89. The molecule has 24 heavy (non-hydrogen) atoms. The maximum absolute atomic E-state index is 12.4. The number of hydrogen-bond donors (Lipinski definition) is 2. The first-order valence-electron chi connectivity index (χ1n) is 6.43. The standard InChI is InChI=1S/C14H10BrN3O5S/c1-2-3-17-13(21)9(12(20)16-14(17)24)5-7-4-8(15)6-10(11(7)19)18(22)23/h2,4-6,19H,1,3H2,(H,16,20,24). The molecule has 1 aromatic carbocycles. The highest BCUT2D eigenvalue weighted by atomic mass is 79.9. The summed E-state index contributed by atoms with van der Waals surface area (Å²) < 4.78 is 0.306. The Hall–Kier alpha value is -2.59. The smallest absolute Gasteiger partial charge is 0.312 e. The predicted octanol–water partition coefficient (Wildman–Crippen LogP) is 1.88. The molecule has 1 fully saturated rings. The third-order valence-electron chi connectivity index (χ3n) is 3.08. The van der Waals surface area contributed by atoms with Crippen LogP contribution in [0.15, 0.2) is 34.8 Å². The fraction of sp³-hybridized carbons (Fsp3) is 0.0714. The van der Waals surface area contributed by atoms with Crippen molar-refractivity contribution in [2.45, 2.75) is 0 Å². The highest BCUT2D eigenvalue weighted by molar-refractivity contribution is 9.10. The van der Waals surface area contributed by atoms with Gasteiger partial charge in [0.2, 0.25) is 5.75 Å². The minimum atomic E-state index is -0.774. The van der Waals surface area contributed by atoms with E-state index in [1.807, 2.05) is 0 Å². The van der Waals surface area contributed by atoms with Gasteiger partial charge >= 0.3 is 5.69 Å². The van der Waals surface area contributed by atoms with Gasteiger partial charge in [0.25, 0.3) is 11.8 Å². The van der Waals surface area contributed by atoms with E-state index in [1.165, 1.54) is 12.1 Å². The number of nitro benzene ring substituents is 1. The Morgan fingerprint density at radius 2 is 2.12 bits per heavy atom. The van der Waals surface area contributed by atoms with E-state index >= 15 is 0 Å². The van der Waals surface area contributed by atoms with Crippen LogP contribution in [-0.4, -0.2) is 38.4 Å². The average Bonchev–Trinajstić information content (AvgIpc) is 2.50. The number of rotatable bonds is 4. The van der Waals surface area contributed by atoms with Gasteiger partial charge in [0.1, 0.15) is 5.57 Å². The minimum absolute atomic E-state index is 0.0547. The lowest BCUT2D eigenvalue weighted by molar-refractivity contribution is -0.385. The molecule has 0 aliphatic carbocycles. The molecule has 1 aliphatic rings. The molecule has 0 bridgehead atoms. The van der Waals surface area contributed by atoms with Crippen LogP contribution in [0.2, 0.25) is 0 Å². The summed E-state index contributed by atoms with van der Waals surface area (Å²) >= 11 is 8.00. The van der Waals surface area contributed by atoms with Crippen LogP contribution in [0.25, 0.3) is 6.08 Å². The van der Waals surface area contributed by atoms with Gasteiger partial charge in [0, 0.05) is 22.6 Å². The Labute approximate surface area is 149 Å². The van der Waals surface area contributed by atoms with Crippen molar-refractivity contribution in [2.75, 3.05) is 6.54 Å². The number of aromatic hydroxyl groups is 1. The summed E-state index contributed by atoms with van der Waals surface area (Å²) in [5.41, 5.74) is -0.924. The summed E-state index contributed by atoms with van der Waals surface area (Å²) in [6, 6.07) is 2.46. The predicted molar refractivity (Wildman–Crippen MR) is 93.1 cm³/mol. The number of nitrogens with zero attached hydrogens (tertiary/aromatic N) is 2. The number of hydrogen-bond acceptors (Lipinski definition) is 6. The van der Waals surface area contributed by atoms with Gasteiger partial charge in [-0.3, -0.25) is 29.9 Å². The summed E-state index contributed by atoms with van der Waals surface area (Å²) in [5, 5.41) is 23.2. The molecule has 0 aromatic heterocycles. The Balaban J connectivity index is 2.55. The second-order valence-electron chi connectivity index (χ2n) is 4.64. The molecule has 1 saturated heterocycles. The first-order valence-corrected chi connectivity index (χ1v) is 7.63. The maximum atomic E-state index is 12.4. The quantitative estimate of drug-likeness (QED) is 0.195. The number of nitrogens with one attached hydrogen (secondary N) is 1. The van der Waals surface area contributed by atoms with Gasteiger partial charge in [-0.05, 0) is 24.4 Å². The first kappa shape index (κ1) is 17.8. The number of halogens is 1. The maximum Gasteiger partial charge on any atom is 0.312 e. The lowest BCUT2D eigenvalue weighted by Crippen LogP contribution is -2.53. The molecule has 2 N–H and O–H groups in total. The summed E-state index contributed by atoms with van der Waals surface area (Å²) in [6.45, 7) is 3.58. The van der Waals surface area contributed by atoms with Gasteiger partial charge in [-0.2, -0.15) is 0 Å². The Morgan fingerprint density at radius 3 is 2.71 bits per heavy atom. The van der Waals surface area contributed by atoms with Crippen LogP contribution in [0.3, 0.4) is 0 Å². The Bertz CT molecular complexity index is 821. The minimum Gasteiger partial charge on any atom is -0.502 e. The van der Waals surface area contributed by atoms with Crippen molar-refractivity contribution in [1.29, 1.82) is 0 Å². The topological polar surface area (TPSA) is 113 Å². The molecule has 1 aliphatic heterocycles. The second-order valence-corrected chi connectivity index (χ2v) is 5.94.